The first-order valence-electron chi connectivity index (χ1n) is 7.69. The summed E-state index contributed by atoms with van der Waals surface area (Å²) in [5.41, 5.74) is 0.902. The van der Waals surface area contributed by atoms with Crippen LogP contribution in [0.4, 0.5) is 10.1 Å². The predicted octanol–water partition coefficient (Wildman–Crippen LogP) is 2.86. The van der Waals surface area contributed by atoms with Gasteiger partial charge in [-0.25, -0.2) is 4.39 Å². The van der Waals surface area contributed by atoms with E-state index < -0.39 is 17.6 Å². The highest BCUT2D eigenvalue weighted by Crippen LogP contribution is 2.30. The minimum absolute atomic E-state index is 0.0639. The number of hydrogen-bond acceptors (Lipinski definition) is 3. The number of benzene rings is 2. The topological polar surface area (TPSA) is 49.9 Å². The van der Waals surface area contributed by atoms with Crippen molar-refractivity contribution in [3.05, 3.63) is 58.9 Å². The summed E-state index contributed by atoms with van der Waals surface area (Å²) in [6.45, 7) is 0.679. The fourth-order valence-electron chi connectivity index (χ4n) is 2.73. The van der Waals surface area contributed by atoms with E-state index in [9.17, 15) is 14.0 Å². The van der Waals surface area contributed by atoms with Crippen LogP contribution in [0, 0.1) is 5.82 Å². The molecule has 0 aromatic heterocycles. The van der Waals surface area contributed by atoms with Crippen LogP contribution in [0.15, 0.2) is 42.5 Å². The molecule has 0 bridgehead atoms. The van der Waals surface area contributed by atoms with Crippen molar-refractivity contribution in [3.8, 4) is 5.75 Å². The maximum absolute atomic E-state index is 13.8. The summed E-state index contributed by atoms with van der Waals surface area (Å²) in [7, 11) is 1.50. The van der Waals surface area contributed by atoms with Crippen LogP contribution < -0.4 is 9.64 Å². The van der Waals surface area contributed by atoms with Gasteiger partial charge in [0.25, 0.3) is 0 Å². The van der Waals surface area contributed by atoms with Crippen molar-refractivity contribution >= 4 is 29.1 Å². The number of ether oxygens (including phenoxy) is 1. The predicted molar refractivity (Wildman–Crippen MR) is 92.2 cm³/mol. The second-order valence-corrected chi connectivity index (χ2v) is 6.00. The molecular formula is C18H16ClFN2O3. The van der Waals surface area contributed by atoms with Crippen LogP contribution in [0.3, 0.4) is 0 Å². The van der Waals surface area contributed by atoms with E-state index in [0.717, 1.165) is 0 Å². The summed E-state index contributed by atoms with van der Waals surface area (Å²) in [6.07, 6.45) is 0. The summed E-state index contributed by atoms with van der Waals surface area (Å²) in [4.78, 5) is 27.5. The molecule has 2 aromatic rings. The zero-order valence-electron chi connectivity index (χ0n) is 13.5. The molecule has 1 fully saturated rings. The Kier molecular flexibility index (Phi) is 4.90. The van der Waals surface area contributed by atoms with Gasteiger partial charge in [0, 0.05) is 30.9 Å². The molecule has 0 saturated carbocycles. The smallest absolute Gasteiger partial charge is 0.316 e. The molecule has 25 heavy (non-hydrogen) atoms. The Bertz CT molecular complexity index is 828. The lowest BCUT2D eigenvalue weighted by Gasteiger charge is -2.34. The zero-order valence-corrected chi connectivity index (χ0v) is 14.3. The van der Waals surface area contributed by atoms with Crippen LogP contribution in [-0.4, -0.2) is 36.9 Å². The van der Waals surface area contributed by atoms with Gasteiger partial charge in [0.1, 0.15) is 11.6 Å². The molecule has 1 heterocycles. The summed E-state index contributed by atoms with van der Waals surface area (Å²) in [6, 6.07) is 11.1. The van der Waals surface area contributed by atoms with Crippen molar-refractivity contribution < 1.29 is 18.7 Å². The normalized spacial score (nSPS) is 14.8. The van der Waals surface area contributed by atoms with Gasteiger partial charge in [0.05, 0.1) is 12.1 Å². The number of amides is 2. The van der Waals surface area contributed by atoms with E-state index in [4.69, 9.17) is 16.3 Å². The van der Waals surface area contributed by atoms with Crippen LogP contribution in [-0.2, 0) is 16.1 Å². The fourth-order valence-corrected chi connectivity index (χ4v) is 2.98. The van der Waals surface area contributed by atoms with Gasteiger partial charge >= 0.3 is 11.8 Å². The lowest BCUT2D eigenvalue weighted by atomic mass is 10.1. The Morgan fingerprint density at radius 3 is 2.56 bits per heavy atom. The fraction of sp³-hybridized carbons (Fsp3) is 0.222. The summed E-state index contributed by atoms with van der Waals surface area (Å²) < 4.78 is 18.9. The number of rotatable bonds is 4. The molecule has 1 aliphatic heterocycles. The molecule has 7 heteroatoms. The Hall–Kier alpha value is -2.60. The van der Waals surface area contributed by atoms with Crippen molar-refractivity contribution in [2.75, 3.05) is 25.1 Å². The molecule has 130 valence electrons. The number of anilines is 1. The molecule has 0 atom stereocenters. The minimum Gasteiger partial charge on any atom is -0.495 e. The van der Waals surface area contributed by atoms with Gasteiger partial charge in [-0.05, 0) is 24.3 Å². The highest BCUT2D eigenvalue weighted by Gasteiger charge is 2.33. The molecule has 0 N–H and O–H groups in total. The summed E-state index contributed by atoms with van der Waals surface area (Å²) >= 11 is 6.09. The van der Waals surface area contributed by atoms with E-state index in [2.05, 4.69) is 0 Å². The molecular weight excluding hydrogens is 347 g/mol. The van der Waals surface area contributed by atoms with Gasteiger partial charge in [0.2, 0.25) is 0 Å². The molecule has 1 saturated heterocycles. The first kappa shape index (κ1) is 17.2. The summed E-state index contributed by atoms with van der Waals surface area (Å²) in [5, 5.41) is 0.356. The second kappa shape index (κ2) is 7.11. The molecule has 0 unspecified atom stereocenters. The number of carbonyl (C=O) groups is 2. The second-order valence-electron chi connectivity index (χ2n) is 5.59. The minimum atomic E-state index is -0.665. The van der Waals surface area contributed by atoms with E-state index >= 15 is 0 Å². The molecule has 2 amide bonds. The zero-order chi connectivity index (χ0) is 18.0. The Morgan fingerprint density at radius 1 is 1.12 bits per heavy atom. The summed E-state index contributed by atoms with van der Waals surface area (Å²) in [5.74, 6) is -1.24. The molecule has 2 aromatic carbocycles. The van der Waals surface area contributed by atoms with E-state index in [1.54, 1.807) is 36.4 Å². The van der Waals surface area contributed by atoms with Crippen LogP contribution in [0.1, 0.15) is 5.56 Å². The van der Waals surface area contributed by atoms with Crippen molar-refractivity contribution in [2.45, 2.75) is 6.54 Å². The van der Waals surface area contributed by atoms with Gasteiger partial charge in [0.15, 0.2) is 0 Å². The van der Waals surface area contributed by atoms with Crippen LogP contribution in [0.5, 0.6) is 5.75 Å². The molecule has 0 spiro atoms. The number of halogens is 2. The van der Waals surface area contributed by atoms with E-state index in [0.29, 0.717) is 35.1 Å². The Labute approximate surface area is 149 Å². The average Bonchev–Trinajstić information content (AvgIpc) is 2.61. The lowest BCUT2D eigenvalue weighted by molar-refractivity contribution is -0.146. The van der Waals surface area contributed by atoms with Crippen LogP contribution in [0.25, 0.3) is 0 Å². The maximum Gasteiger partial charge on any atom is 0.316 e. The van der Waals surface area contributed by atoms with E-state index in [1.165, 1.54) is 23.0 Å². The number of methoxy groups -OCH3 is 1. The van der Waals surface area contributed by atoms with E-state index in [1.807, 2.05) is 0 Å². The van der Waals surface area contributed by atoms with Gasteiger partial charge in [-0.15, -0.1) is 0 Å². The number of piperazine rings is 1. The average molecular weight is 363 g/mol. The monoisotopic (exact) mass is 362 g/mol. The van der Waals surface area contributed by atoms with Crippen molar-refractivity contribution in [1.29, 1.82) is 0 Å². The van der Waals surface area contributed by atoms with E-state index in [-0.39, 0.29) is 6.54 Å². The van der Waals surface area contributed by atoms with Gasteiger partial charge in [-0.2, -0.15) is 0 Å². The molecule has 3 rings (SSSR count). The standard InChI is InChI=1S/C18H16ClFN2O3/c1-25-16-7-6-13(10-14(16)19)22-9-8-21(17(23)18(22)24)11-12-4-2-3-5-15(12)20/h2-7,10H,8-9,11H2,1H3. The SMILES string of the molecule is COc1ccc(N2CCN(Cc3ccccc3F)C(=O)C2=O)cc1Cl. The largest absolute Gasteiger partial charge is 0.495 e. The third kappa shape index (κ3) is 3.44. The highest BCUT2D eigenvalue weighted by molar-refractivity contribution is 6.41. The first-order chi connectivity index (χ1) is 12.0. The van der Waals surface area contributed by atoms with Gasteiger partial charge in [-0.1, -0.05) is 29.8 Å². The van der Waals surface area contributed by atoms with Crippen LogP contribution in [0.2, 0.25) is 5.02 Å². The molecule has 5 nitrogen and oxygen atoms in total. The third-order valence-electron chi connectivity index (χ3n) is 4.07. The first-order valence-corrected chi connectivity index (χ1v) is 8.06. The third-order valence-corrected chi connectivity index (χ3v) is 4.37. The van der Waals surface area contributed by atoms with Crippen LogP contribution >= 0.6 is 11.6 Å². The van der Waals surface area contributed by atoms with Gasteiger partial charge in [-0.3, -0.25) is 9.59 Å². The van der Waals surface area contributed by atoms with Crippen molar-refractivity contribution in [2.24, 2.45) is 0 Å². The molecule has 0 radical (unpaired) electrons. The lowest BCUT2D eigenvalue weighted by Crippen LogP contribution is -2.54. The molecule has 1 aliphatic rings. The maximum atomic E-state index is 13.8. The number of nitrogens with zero attached hydrogens (tertiary/aromatic N) is 2. The quantitative estimate of drug-likeness (QED) is 0.786. The van der Waals surface area contributed by atoms with Gasteiger partial charge < -0.3 is 14.5 Å². The number of carbonyl (C=O) groups excluding carboxylic acids is 2. The Morgan fingerprint density at radius 2 is 1.88 bits per heavy atom. The molecule has 0 aliphatic carbocycles. The van der Waals surface area contributed by atoms with Crippen molar-refractivity contribution in [1.82, 2.24) is 4.90 Å². The number of hydrogen-bond donors (Lipinski definition) is 0. The Balaban J connectivity index is 1.76. The highest BCUT2D eigenvalue weighted by atomic mass is 35.5. The van der Waals surface area contributed by atoms with Crippen molar-refractivity contribution in [3.63, 3.8) is 0 Å².